The number of hydrogen-bond acceptors (Lipinski definition) is 12. The smallest absolute Gasteiger partial charge is 0.352 e. The van der Waals surface area contributed by atoms with E-state index >= 15 is 0 Å². The molecule has 37 heavy (non-hydrogen) atoms. The van der Waals surface area contributed by atoms with Crippen LogP contribution < -0.4 is 11.1 Å². The number of nitrogens with one attached hydrogen (secondary N) is 1. The van der Waals surface area contributed by atoms with E-state index in [1.165, 1.54) is 24.9 Å². The number of hydrogen-bond donors (Lipinski definition) is 4. The van der Waals surface area contributed by atoms with Gasteiger partial charge in [-0.3, -0.25) is 19.3 Å². The van der Waals surface area contributed by atoms with Crippen molar-refractivity contribution in [1.82, 2.24) is 30.4 Å². The zero-order chi connectivity index (χ0) is 26.7. The molecule has 194 valence electrons. The molecule has 0 saturated carbocycles. The molecule has 1 fully saturated rings. The molecule has 3 heterocycles. The van der Waals surface area contributed by atoms with E-state index in [1.54, 1.807) is 18.2 Å². The van der Waals surface area contributed by atoms with Crippen molar-refractivity contribution in [2.45, 2.75) is 23.1 Å². The van der Waals surface area contributed by atoms with Crippen molar-refractivity contribution in [3.63, 3.8) is 0 Å². The number of nitrogens with zero attached hydrogens (tertiary/aromatic N) is 6. The van der Waals surface area contributed by atoms with Crippen LogP contribution in [0.3, 0.4) is 0 Å². The van der Waals surface area contributed by atoms with Gasteiger partial charge in [-0.05, 0) is 28.1 Å². The highest BCUT2D eigenvalue weighted by atomic mass is 32.2. The van der Waals surface area contributed by atoms with E-state index < -0.39 is 41.7 Å². The minimum Gasteiger partial charge on any atom is -0.480 e. The molecule has 2 aliphatic heterocycles. The molecule has 15 nitrogen and oxygen atoms in total. The number of carboxylic acids is 2. The normalized spacial score (nSPS) is 19.2. The summed E-state index contributed by atoms with van der Waals surface area (Å²) in [6.45, 7) is -0.451. The zero-order valence-corrected chi connectivity index (χ0v) is 20.7. The third kappa shape index (κ3) is 5.36. The van der Waals surface area contributed by atoms with Crippen LogP contribution >= 0.6 is 23.5 Å². The number of anilines is 1. The fraction of sp³-hybridized carbons (Fsp3) is 0.300. The molecule has 1 aromatic heterocycles. The van der Waals surface area contributed by atoms with Gasteiger partial charge < -0.3 is 26.1 Å². The quantitative estimate of drug-likeness (QED) is 0.0943. The molecule has 2 amide bonds. The van der Waals surface area contributed by atoms with Crippen LogP contribution in [0.5, 0.6) is 0 Å². The Hall–Kier alpha value is -4.12. The van der Waals surface area contributed by atoms with E-state index in [1.807, 2.05) is 0 Å². The van der Waals surface area contributed by atoms with Gasteiger partial charge in [0.1, 0.15) is 30.8 Å². The monoisotopic (exact) mass is 548 g/mol. The van der Waals surface area contributed by atoms with Gasteiger partial charge in [0.15, 0.2) is 5.71 Å². The molecule has 2 atom stereocenters. The Morgan fingerprint density at radius 3 is 2.81 bits per heavy atom. The largest absolute Gasteiger partial charge is 0.480 e. The first-order valence-electron chi connectivity index (χ1n) is 10.5. The fourth-order valence-corrected chi connectivity index (χ4v) is 6.05. The molecule has 1 unspecified atom stereocenters. The standard InChI is InChI=1S/C20H20N8O7S2/c1-35-24-13(9-3-2-4-11(21)5-9)16(31)22-14-17(32)28-15(19(33)34)10(7-36-18(14)28)8-37-20-23-25-26-27(20)6-12(29)30/h2-5,14,18H,6-8,21H2,1H3,(H,22,31)(H,29,30)(H,33,34)/b24-13+/t14?,18-/m1/s1. The number of β-lactam (4-membered cyclic amide) rings is 1. The molecular formula is C20H20N8O7S2. The number of carbonyl (C=O) groups excluding carboxylic acids is 2. The van der Waals surface area contributed by atoms with E-state index in [9.17, 15) is 24.3 Å². The number of carboxylic acid groups (broad SMARTS) is 2. The van der Waals surface area contributed by atoms with Crippen molar-refractivity contribution in [3.05, 3.63) is 41.1 Å². The Labute approximate surface area is 217 Å². The summed E-state index contributed by atoms with van der Waals surface area (Å²) < 4.78 is 1.08. The lowest BCUT2D eigenvalue weighted by atomic mass is 10.0. The summed E-state index contributed by atoms with van der Waals surface area (Å²) in [6.07, 6.45) is 0. The predicted octanol–water partition coefficient (Wildman–Crippen LogP) is -0.779. The third-order valence-electron chi connectivity index (χ3n) is 5.25. The number of thioether (sulfide) groups is 2. The highest BCUT2D eigenvalue weighted by Gasteiger charge is 2.54. The van der Waals surface area contributed by atoms with Crippen LogP contribution in [0.4, 0.5) is 5.69 Å². The van der Waals surface area contributed by atoms with Gasteiger partial charge in [-0.1, -0.05) is 29.1 Å². The third-order valence-corrected chi connectivity index (χ3v) is 7.64. The number of nitrogens with two attached hydrogens (primary N) is 1. The Balaban J connectivity index is 1.49. The van der Waals surface area contributed by atoms with Gasteiger partial charge in [0, 0.05) is 22.8 Å². The number of carbonyl (C=O) groups is 4. The van der Waals surface area contributed by atoms with Gasteiger partial charge in [-0.15, -0.1) is 16.9 Å². The molecule has 17 heteroatoms. The molecule has 2 aromatic rings. The number of benzene rings is 1. The Bertz CT molecular complexity index is 1330. The van der Waals surface area contributed by atoms with Gasteiger partial charge in [0.05, 0.1) is 0 Å². The highest BCUT2D eigenvalue weighted by Crippen LogP contribution is 2.41. The topological polar surface area (TPSA) is 215 Å². The summed E-state index contributed by atoms with van der Waals surface area (Å²) in [7, 11) is 1.27. The maximum atomic E-state index is 13.0. The molecular weight excluding hydrogens is 528 g/mol. The Morgan fingerprint density at radius 2 is 2.14 bits per heavy atom. The van der Waals surface area contributed by atoms with Gasteiger partial charge in [-0.25, -0.2) is 9.48 Å². The number of aliphatic carboxylic acids is 2. The number of nitrogen functional groups attached to an aromatic ring is 1. The Kier molecular flexibility index (Phi) is 7.63. The van der Waals surface area contributed by atoms with Crippen LogP contribution in [0.2, 0.25) is 0 Å². The van der Waals surface area contributed by atoms with Crippen molar-refractivity contribution in [1.29, 1.82) is 0 Å². The maximum absolute atomic E-state index is 13.0. The summed E-state index contributed by atoms with van der Waals surface area (Å²) in [5.74, 6) is -3.34. The van der Waals surface area contributed by atoms with Crippen LogP contribution in [0.15, 0.2) is 45.8 Å². The molecule has 4 rings (SSSR count). The summed E-state index contributed by atoms with van der Waals surface area (Å²) >= 11 is 2.34. The molecule has 0 bridgehead atoms. The van der Waals surface area contributed by atoms with E-state index in [0.717, 1.165) is 21.3 Å². The first kappa shape index (κ1) is 26.0. The van der Waals surface area contributed by atoms with Crippen molar-refractivity contribution >= 4 is 58.7 Å². The van der Waals surface area contributed by atoms with E-state index in [-0.39, 0.29) is 28.1 Å². The number of aromatic nitrogens is 4. The first-order chi connectivity index (χ1) is 17.7. The second-order valence-electron chi connectivity index (χ2n) is 7.67. The summed E-state index contributed by atoms with van der Waals surface area (Å²) in [4.78, 5) is 54.9. The average Bonchev–Trinajstić information content (AvgIpc) is 3.29. The summed E-state index contributed by atoms with van der Waals surface area (Å²) in [6, 6.07) is 5.44. The van der Waals surface area contributed by atoms with Gasteiger partial charge in [0.25, 0.3) is 11.8 Å². The van der Waals surface area contributed by atoms with Gasteiger partial charge in [0.2, 0.25) is 5.16 Å². The van der Waals surface area contributed by atoms with E-state index in [4.69, 9.17) is 15.7 Å². The van der Waals surface area contributed by atoms with Gasteiger partial charge >= 0.3 is 11.9 Å². The molecule has 2 aliphatic rings. The zero-order valence-electron chi connectivity index (χ0n) is 19.1. The molecule has 1 aromatic carbocycles. The maximum Gasteiger partial charge on any atom is 0.352 e. The van der Waals surface area contributed by atoms with Crippen molar-refractivity contribution in [2.24, 2.45) is 5.16 Å². The van der Waals surface area contributed by atoms with Gasteiger partial charge in [-0.2, -0.15) is 0 Å². The first-order valence-corrected chi connectivity index (χ1v) is 12.5. The number of amides is 2. The second-order valence-corrected chi connectivity index (χ2v) is 9.72. The second kappa shape index (κ2) is 10.9. The minimum atomic E-state index is -1.30. The molecule has 0 radical (unpaired) electrons. The van der Waals surface area contributed by atoms with E-state index in [2.05, 4.69) is 26.0 Å². The Morgan fingerprint density at radius 1 is 1.35 bits per heavy atom. The van der Waals surface area contributed by atoms with Crippen molar-refractivity contribution in [3.8, 4) is 0 Å². The number of rotatable bonds is 10. The molecule has 5 N–H and O–H groups in total. The number of fused-ring (bicyclic) bond motifs is 1. The fourth-order valence-electron chi connectivity index (χ4n) is 3.69. The van der Waals surface area contributed by atoms with Crippen LogP contribution in [-0.2, 0) is 30.6 Å². The highest BCUT2D eigenvalue weighted by molar-refractivity contribution is 8.01. The van der Waals surface area contributed by atoms with Crippen LogP contribution in [0, 0.1) is 0 Å². The number of oxime groups is 1. The average molecular weight is 549 g/mol. The lowest BCUT2D eigenvalue weighted by Crippen LogP contribution is -2.71. The minimum absolute atomic E-state index is 0.0907. The lowest BCUT2D eigenvalue weighted by molar-refractivity contribution is -0.150. The van der Waals surface area contributed by atoms with Crippen molar-refractivity contribution < 1.29 is 34.2 Å². The molecule has 1 saturated heterocycles. The van der Waals surface area contributed by atoms with E-state index in [0.29, 0.717) is 16.8 Å². The number of tetrazole rings is 1. The van der Waals surface area contributed by atoms with Crippen molar-refractivity contribution in [2.75, 3.05) is 24.3 Å². The van der Waals surface area contributed by atoms with Crippen LogP contribution in [0.1, 0.15) is 5.56 Å². The lowest BCUT2D eigenvalue weighted by Gasteiger charge is -2.49. The summed E-state index contributed by atoms with van der Waals surface area (Å²) in [5.41, 5.74) is 6.73. The predicted molar refractivity (Wildman–Crippen MR) is 130 cm³/mol. The van der Waals surface area contributed by atoms with Crippen LogP contribution in [-0.4, -0.2) is 94.8 Å². The molecule has 0 aliphatic carbocycles. The van der Waals surface area contributed by atoms with Crippen LogP contribution in [0.25, 0.3) is 0 Å². The SMILES string of the molecule is CO/N=C(/C(=O)NC1C(=O)N2C(C(=O)O)=C(CSc3nnnn3CC(=O)O)CS[C@H]12)c1cccc(N)c1. The summed E-state index contributed by atoms with van der Waals surface area (Å²) in [5, 5.41) is 35.5. The molecule has 0 spiro atoms.